The van der Waals surface area contributed by atoms with Gasteiger partial charge in [0.25, 0.3) is 5.91 Å². The Morgan fingerprint density at radius 2 is 2.43 bits per heavy atom. The molecule has 1 fully saturated rings. The molecule has 0 saturated carbocycles. The lowest BCUT2D eigenvalue weighted by Gasteiger charge is -2.19. The van der Waals surface area contributed by atoms with Crippen LogP contribution in [0, 0.1) is 0 Å². The molecule has 1 aromatic heterocycles. The molecule has 1 aliphatic rings. The number of hydrogen-bond acceptors (Lipinski definition) is 4. The Morgan fingerprint density at radius 1 is 1.57 bits per heavy atom. The van der Waals surface area contributed by atoms with Crippen molar-refractivity contribution in [3.8, 4) is 0 Å². The van der Waals surface area contributed by atoms with Gasteiger partial charge in [0.1, 0.15) is 6.26 Å². The molecule has 0 aliphatic carbocycles. The van der Waals surface area contributed by atoms with Crippen LogP contribution in [-0.2, 0) is 0 Å². The number of nitrogens with zero attached hydrogens (tertiary/aromatic N) is 1. The van der Waals surface area contributed by atoms with E-state index in [-0.39, 0.29) is 11.9 Å². The highest BCUT2D eigenvalue weighted by molar-refractivity contribution is 5.92. The number of piperidine rings is 1. The summed E-state index contributed by atoms with van der Waals surface area (Å²) in [7, 11) is 0. The maximum atomic E-state index is 12.1. The van der Waals surface area contributed by atoms with E-state index in [4.69, 9.17) is 4.42 Å². The molecule has 5 nitrogen and oxygen atoms in total. The number of carbonyl (C=O) groups excluding carboxylic acids is 1. The molecule has 0 aromatic carbocycles. The van der Waals surface area contributed by atoms with Crippen LogP contribution >= 0.6 is 0 Å². The summed E-state index contributed by atoms with van der Waals surface area (Å²) < 4.78 is 5.49. The lowest BCUT2D eigenvalue weighted by atomic mass is 10.00. The van der Waals surface area contributed by atoms with Gasteiger partial charge >= 0.3 is 0 Å². The monoisotopic (exact) mass is 293 g/mol. The van der Waals surface area contributed by atoms with Crippen LogP contribution in [0.4, 0.5) is 0 Å². The smallest absolute Gasteiger partial charge is 0.273 e. The van der Waals surface area contributed by atoms with Crippen LogP contribution in [0.5, 0.6) is 0 Å². The lowest BCUT2D eigenvalue weighted by molar-refractivity contribution is 0.0933. The van der Waals surface area contributed by atoms with Gasteiger partial charge in [-0.1, -0.05) is 26.2 Å². The standard InChI is InChI=1S/C16H27N3O2/c1-3-4-5-7-12(2)18-15(20)14-11-21-16(19-14)13-8-6-9-17-10-13/h11-13,17H,3-10H2,1-2H3,(H,18,20). The summed E-state index contributed by atoms with van der Waals surface area (Å²) >= 11 is 0. The molecule has 5 heteroatoms. The van der Waals surface area contributed by atoms with Crippen molar-refractivity contribution < 1.29 is 9.21 Å². The van der Waals surface area contributed by atoms with Crippen molar-refractivity contribution in [3.63, 3.8) is 0 Å². The van der Waals surface area contributed by atoms with Crippen LogP contribution < -0.4 is 10.6 Å². The molecule has 21 heavy (non-hydrogen) atoms. The van der Waals surface area contributed by atoms with Gasteiger partial charge in [-0.25, -0.2) is 4.98 Å². The van der Waals surface area contributed by atoms with Gasteiger partial charge in [0, 0.05) is 18.5 Å². The molecule has 118 valence electrons. The average Bonchev–Trinajstić information content (AvgIpc) is 2.98. The fraction of sp³-hybridized carbons (Fsp3) is 0.750. The first-order valence-electron chi connectivity index (χ1n) is 8.17. The number of unbranched alkanes of at least 4 members (excludes halogenated alkanes) is 2. The summed E-state index contributed by atoms with van der Waals surface area (Å²) in [5.74, 6) is 0.853. The van der Waals surface area contributed by atoms with Gasteiger partial charge in [-0.05, 0) is 32.7 Å². The maximum absolute atomic E-state index is 12.1. The molecular formula is C16H27N3O2. The van der Waals surface area contributed by atoms with E-state index in [1.54, 1.807) is 0 Å². The largest absolute Gasteiger partial charge is 0.448 e. The molecule has 2 rings (SSSR count). The molecule has 1 aromatic rings. The van der Waals surface area contributed by atoms with Crippen molar-refractivity contribution >= 4 is 5.91 Å². The van der Waals surface area contributed by atoms with Crippen LogP contribution in [0.1, 0.15) is 74.7 Å². The van der Waals surface area contributed by atoms with Gasteiger partial charge in [0.05, 0.1) is 0 Å². The number of oxazole rings is 1. The number of nitrogens with one attached hydrogen (secondary N) is 2. The third kappa shape index (κ3) is 4.84. The first-order chi connectivity index (χ1) is 10.2. The van der Waals surface area contributed by atoms with E-state index in [2.05, 4.69) is 22.5 Å². The van der Waals surface area contributed by atoms with Crippen molar-refractivity contribution in [1.82, 2.24) is 15.6 Å². The Kier molecular flexibility index (Phi) is 6.23. The van der Waals surface area contributed by atoms with E-state index in [0.29, 0.717) is 17.5 Å². The first-order valence-corrected chi connectivity index (χ1v) is 8.17. The van der Waals surface area contributed by atoms with Crippen LogP contribution in [-0.4, -0.2) is 30.0 Å². The molecule has 0 bridgehead atoms. The van der Waals surface area contributed by atoms with Crippen LogP contribution in [0.3, 0.4) is 0 Å². The van der Waals surface area contributed by atoms with Crippen molar-refractivity contribution in [2.75, 3.05) is 13.1 Å². The molecule has 0 radical (unpaired) electrons. The van der Waals surface area contributed by atoms with Crippen LogP contribution in [0.15, 0.2) is 10.7 Å². The number of hydrogen-bond donors (Lipinski definition) is 2. The fourth-order valence-electron chi connectivity index (χ4n) is 2.71. The molecule has 2 atom stereocenters. The molecule has 1 saturated heterocycles. The van der Waals surface area contributed by atoms with E-state index in [1.165, 1.54) is 19.1 Å². The number of rotatable bonds is 7. The summed E-state index contributed by atoms with van der Waals surface area (Å²) in [5, 5.41) is 6.33. The summed E-state index contributed by atoms with van der Waals surface area (Å²) in [6, 6.07) is 0.181. The fourth-order valence-corrected chi connectivity index (χ4v) is 2.71. The first kappa shape index (κ1) is 16.0. The highest BCUT2D eigenvalue weighted by atomic mass is 16.3. The second-order valence-corrected chi connectivity index (χ2v) is 5.98. The molecule has 0 spiro atoms. The SMILES string of the molecule is CCCCCC(C)NC(=O)c1coc(C2CCCNC2)n1. The predicted molar refractivity (Wildman–Crippen MR) is 82.4 cm³/mol. The summed E-state index contributed by atoms with van der Waals surface area (Å²) in [4.78, 5) is 16.5. The summed E-state index contributed by atoms with van der Waals surface area (Å²) in [6.07, 6.45) is 8.25. The average molecular weight is 293 g/mol. The van der Waals surface area contributed by atoms with Gasteiger partial charge in [0.2, 0.25) is 0 Å². The summed E-state index contributed by atoms with van der Waals surface area (Å²) in [6.45, 7) is 6.16. The third-order valence-electron chi connectivity index (χ3n) is 4.02. The number of amides is 1. The van der Waals surface area contributed by atoms with E-state index < -0.39 is 0 Å². The van der Waals surface area contributed by atoms with Gasteiger partial charge in [-0.3, -0.25) is 4.79 Å². The molecule has 2 unspecified atom stereocenters. The van der Waals surface area contributed by atoms with E-state index >= 15 is 0 Å². The normalized spacial score (nSPS) is 20.2. The Morgan fingerprint density at radius 3 is 3.14 bits per heavy atom. The van der Waals surface area contributed by atoms with Crippen molar-refractivity contribution in [1.29, 1.82) is 0 Å². The Bertz CT molecular complexity index is 438. The third-order valence-corrected chi connectivity index (χ3v) is 4.02. The Labute approximate surface area is 126 Å². The zero-order valence-electron chi connectivity index (χ0n) is 13.2. The predicted octanol–water partition coefficient (Wildman–Crippen LogP) is 2.84. The molecule has 1 aliphatic heterocycles. The second-order valence-electron chi connectivity index (χ2n) is 5.98. The maximum Gasteiger partial charge on any atom is 0.273 e. The zero-order chi connectivity index (χ0) is 15.1. The number of carbonyl (C=O) groups is 1. The van der Waals surface area contributed by atoms with Crippen LogP contribution in [0.25, 0.3) is 0 Å². The minimum atomic E-state index is -0.127. The highest BCUT2D eigenvalue weighted by Gasteiger charge is 2.22. The summed E-state index contributed by atoms with van der Waals surface area (Å²) in [5.41, 5.74) is 0.401. The van der Waals surface area contributed by atoms with Gasteiger partial charge in [0.15, 0.2) is 11.6 Å². The second kappa shape index (κ2) is 8.17. The topological polar surface area (TPSA) is 67.2 Å². The number of aromatic nitrogens is 1. The quantitative estimate of drug-likeness (QED) is 0.759. The Balaban J connectivity index is 1.83. The Hall–Kier alpha value is -1.36. The van der Waals surface area contributed by atoms with Gasteiger partial charge in [-0.2, -0.15) is 0 Å². The molecule has 1 amide bonds. The zero-order valence-corrected chi connectivity index (χ0v) is 13.2. The van der Waals surface area contributed by atoms with Gasteiger partial charge in [-0.15, -0.1) is 0 Å². The minimum absolute atomic E-state index is 0.127. The lowest BCUT2D eigenvalue weighted by Crippen LogP contribution is -2.33. The van der Waals surface area contributed by atoms with Crippen molar-refractivity contribution in [2.45, 2.75) is 64.3 Å². The molecular weight excluding hydrogens is 266 g/mol. The van der Waals surface area contributed by atoms with Crippen molar-refractivity contribution in [2.24, 2.45) is 0 Å². The van der Waals surface area contributed by atoms with Crippen molar-refractivity contribution in [3.05, 3.63) is 17.8 Å². The molecule has 2 heterocycles. The van der Waals surface area contributed by atoms with Gasteiger partial charge < -0.3 is 15.1 Å². The van der Waals surface area contributed by atoms with E-state index in [0.717, 1.165) is 38.8 Å². The highest BCUT2D eigenvalue weighted by Crippen LogP contribution is 2.22. The van der Waals surface area contributed by atoms with E-state index in [9.17, 15) is 4.79 Å². The molecule has 2 N–H and O–H groups in total. The minimum Gasteiger partial charge on any atom is -0.448 e. The van der Waals surface area contributed by atoms with Crippen LogP contribution in [0.2, 0.25) is 0 Å². The van der Waals surface area contributed by atoms with E-state index in [1.807, 2.05) is 6.92 Å².